The molecule has 0 saturated carbocycles. The molecule has 4 nitrogen and oxygen atoms in total. The topological polar surface area (TPSA) is 49.4 Å². The molecule has 1 aliphatic heterocycles. The minimum atomic E-state index is -0.211. The van der Waals surface area contributed by atoms with Gasteiger partial charge in [0.1, 0.15) is 6.54 Å². The molecule has 0 aromatic heterocycles. The van der Waals surface area contributed by atoms with Crippen molar-refractivity contribution in [2.45, 2.75) is 17.9 Å². The van der Waals surface area contributed by atoms with Gasteiger partial charge < -0.3 is 5.32 Å². The Labute approximate surface area is 190 Å². The second-order valence-electron chi connectivity index (χ2n) is 7.22. The summed E-state index contributed by atoms with van der Waals surface area (Å²) in [6, 6.07) is 24.5. The number of carbonyl (C=O) groups excluding carboxylic acids is 2. The van der Waals surface area contributed by atoms with E-state index < -0.39 is 0 Å². The molecule has 0 saturated heterocycles. The fourth-order valence-corrected chi connectivity index (χ4v) is 4.57. The molecular formula is C25H21ClN2O2S. The summed E-state index contributed by atoms with van der Waals surface area (Å²) in [6.45, 7) is 1.88. The van der Waals surface area contributed by atoms with Gasteiger partial charge in [0.05, 0.1) is 16.6 Å². The fourth-order valence-electron chi connectivity index (χ4n) is 3.39. The number of carbonyl (C=O) groups is 2. The van der Waals surface area contributed by atoms with Gasteiger partial charge in [-0.2, -0.15) is 0 Å². The van der Waals surface area contributed by atoms with Crippen LogP contribution in [-0.4, -0.2) is 18.4 Å². The molecule has 0 unspecified atom stereocenters. The van der Waals surface area contributed by atoms with E-state index in [1.54, 1.807) is 17.0 Å². The van der Waals surface area contributed by atoms with Gasteiger partial charge >= 0.3 is 0 Å². The molecule has 0 bridgehead atoms. The molecule has 1 atom stereocenters. The number of fused-ring (bicyclic) bond motifs is 1. The molecule has 1 aliphatic rings. The number of benzene rings is 3. The summed E-state index contributed by atoms with van der Waals surface area (Å²) >= 11 is 7.38. The van der Waals surface area contributed by atoms with Crippen LogP contribution in [0.4, 0.5) is 5.69 Å². The standard InChI is InChI=1S/C25H21ClN2O2S/c1-17(19-7-3-2-4-8-19)27-24(29)16-28-21-9-5-6-10-22(21)31-23(25(28)30)15-18-11-13-20(26)14-12-18/h2-15,17H,16H2,1H3,(H,27,29)/b23-15+/t17-/m1/s1. The lowest BCUT2D eigenvalue weighted by Gasteiger charge is -2.30. The molecular weight excluding hydrogens is 428 g/mol. The van der Waals surface area contributed by atoms with Crippen LogP contribution < -0.4 is 10.2 Å². The van der Waals surface area contributed by atoms with Gasteiger partial charge in [0.15, 0.2) is 0 Å². The monoisotopic (exact) mass is 448 g/mol. The smallest absolute Gasteiger partial charge is 0.265 e. The lowest BCUT2D eigenvalue weighted by molar-refractivity contribution is -0.122. The molecule has 3 aromatic rings. The highest BCUT2D eigenvalue weighted by Crippen LogP contribution is 2.42. The molecule has 4 rings (SSSR count). The van der Waals surface area contributed by atoms with E-state index in [1.165, 1.54) is 11.8 Å². The quantitative estimate of drug-likeness (QED) is 0.509. The van der Waals surface area contributed by atoms with E-state index in [-0.39, 0.29) is 24.4 Å². The van der Waals surface area contributed by atoms with Gasteiger partial charge in [0.25, 0.3) is 5.91 Å². The van der Waals surface area contributed by atoms with Crippen LogP contribution in [0.1, 0.15) is 24.1 Å². The van der Waals surface area contributed by atoms with Crippen molar-refractivity contribution in [2.75, 3.05) is 11.4 Å². The number of rotatable bonds is 5. The zero-order chi connectivity index (χ0) is 21.8. The van der Waals surface area contributed by atoms with Gasteiger partial charge in [0, 0.05) is 9.92 Å². The van der Waals surface area contributed by atoms with E-state index in [0.717, 1.165) is 21.7 Å². The van der Waals surface area contributed by atoms with E-state index in [4.69, 9.17) is 11.6 Å². The third-order valence-electron chi connectivity index (χ3n) is 4.98. The molecule has 0 fully saturated rings. The largest absolute Gasteiger partial charge is 0.348 e. The number of halogens is 1. The van der Waals surface area contributed by atoms with E-state index in [2.05, 4.69) is 5.32 Å². The van der Waals surface area contributed by atoms with Crippen molar-refractivity contribution >= 4 is 46.9 Å². The van der Waals surface area contributed by atoms with Crippen LogP contribution in [0.2, 0.25) is 5.02 Å². The maximum Gasteiger partial charge on any atom is 0.265 e. The number of anilines is 1. The molecule has 1 N–H and O–H groups in total. The van der Waals surface area contributed by atoms with Crippen LogP contribution in [-0.2, 0) is 9.59 Å². The second kappa shape index (κ2) is 9.41. The van der Waals surface area contributed by atoms with Crippen molar-refractivity contribution in [3.8, 4) is 0 Å². The first-order valence-corrected chi connectivity index (χ1v) is 11.1. The van der Waals surface area contributed by atoms with E-state index >= 15 is 0 Å². The summed E-state index contributed by atoms with van der Waals surface area (Å²) in [5, 5.41) is 3.63. The molecule has 156 valence electrons. The summed E-state index contributed by atoms with van der Waals surface area (Å²) in [7, 11) is 0. The molecule has 0 radical (unpaired) electrons. The van der Waals surface area contributed by atoms with Gasteiger partial charge in [0.2, 0.25) is 5.91 Å². The van der Waals surface area contributed by atoms with Gasteiger partial charge in [-0.05, 0) is 48.4 Å². The Morgan fingerprint density at radius 2 is 1.71 bits per heavy atom. The van der Waals surface area contributed by atoms with E-state index in [0.29, 0.717) is 9.93 Å². The van der Waals surface area contributed by atoms with Gasteiger partial charge in [-0.3, -0.25) is 14.5 Å². The minimum Gasteiger partial charge on any atom is -0.348 e. The molecule has 0 spiro atoms. The number of amides is 2. The number of hydrogen-bond acceptors (Lipinski definition) is 3. The summed E-state index contributed by atoms with van der Waals surface area (Å²) in [5.74, 6) is -0.404. The first-order valence-electron chi connectivity index (χ1n) is 9.91. The third-order valence-corrected chi connectivity index (χ3v) is 6.31. The van der Waals surface area contributed by atoms with Crippen LogP contribution in [0.25, 0.3) is 6.08 Å². The minimum absolute atomic E-state index is 0.0501. The molecule has 3 aromatic carbocycles. The average Bonchev–Trinajstić information content (AvgIpc) is 2.78. The normalized spacial score (nSPS) is 15.5. The summed E-state index contributed by atoms with van der Waals surface area (Å²) in [6.07, 6.45) is 1.83. The lowest BCUT2D eigenvalue weighted by atomic mass is 10.1. The predicted octanol–water partition coefficient (Wildman–Crippen LogP) is 5.70. The van der Waals surface area contributed by atoms with Crippen LogP contribution >= 0.6 is 23.4 Å². The van der Waals surface area contributed by atoms with E-state index in [1.807, 2.05) is 79.7 Å². The van der Waals surface area contributed by atoms with Crippen LogP contribution in [0.15, 0.2) is 88.7 Å². The van der Waals surface area contributed by atoms with Crippen molar-refractivity contribution in [1.29, 1.82) is 0 Å². The van der Waals surface area contributed by atoms with Gasteiger partial charge in [-0.1, -0.05) is 78.0 Å². The van der Waals surface area contributed by atoms with Gasteiger partial charge in [-0.15, -0.1) is 0 Å². The summed E-state index contributed by atoms with van der Waals surface area (Å²) in [5.41, 5.74) is 2.63. The maximum absolute atomic E-state index is 13.3. The second-order valence-corrected chi connectivity index (χ2v) is 8.74. The highest BCUT2D eigenvalue weighted by molar-refractivity contribution is 8.04. The number of nitrogens with one attached hydrogen (secondary N) is 1. The van der Waals surface area contributed by atoms with Crippen LogP contribution in [0.3, 0.4) is 0 Å². The Morgan fingerprint density at radius 1 is 1.03 bits per heavy atom. The number of nitrogens with zero attached hydrogens (tertiary/aromatic N) is 1. The summed E-state index contributed by atoms with van der Waals surface area (Å²) < 4.78 is 0. The molecule has 0 aliphatic carbocycles. The average molecular weight is 449 g/mol. The first kappa shape index (κ1) is 21.2. The number of thioether (sulfide) groups is 1. The van der Waals surface area contributed by atoms with Gasteiger partial charge in [-0.25, -0.2) is 0 Å². The SMILES string of the molecule is C[C@@H](NC(=O)CN1C(=O)/C(=C\c2ccc(Cl)cc2)Sc2ccccc21)c1ccccc1. The van der Waals surface area contributed by atoms with Crippen molar-refractivity contribution in [2.24, 2.45) is 0 Å². The number of hydrogen-bond donors (Lipinski definition) is 1. The van der Waals surface area contributed by atoms with Crippen molar-refractivity contribution in [3.05, 3.63) is 99.9 Å². The fraction of sp³-hybridized carbons (Fsp3) is 0.120. The Morgan fingerprint density at radius 3 is 2.45 bits per heavy atom. The molecule has 2 amide bonds. The zero-order valence-electron chi connectivity index (χ0n) is 16.9. The van der Waals surface area contributed by atoms with Crippen molar-refractivity contribution < 1.29 is 9.59 Å². The Bertz CT molecular complexity index is 1130. The maximum atomic E-state index is 13.3. The summed E-state index contributed by atoms with van der Waals surface area (Å²) in [4.78, 5) is 29.1. The molecule has 31 heavy (non-hydrogen) atoms. The first-order chi connectivity index (χ1) is 15.0. The third kappa shape index (κ3) is 5.01. The van der Waals surface area contributed by atoms with Crippen molar-refractivity contribution in [1.82, 2.24) is 5.32 Å². The Balaban J connectivity index is 1.57. The zero-order valence-corrected chi connectivity index (χ0v) is 18.5. The highest BCUT2D eigenvalue weighted by Gasteiger charge is 2.30. The number of para-hydroxylation sites is 1. The van der Waals surface area contributed by atoms with Crippen molar-refractivity contribution in [3.63, 3.8) is 0 Å². The molecule has 6 heteroatoms. The molecule has 1 heterocycles. The lowest BCUT2D eigenvalue weighted by Crippen LogP contribution is -2.43. The van der Waals surface area contributed by atoms with Crippen LogP contribution in [0.5, 0.6) is 0 Å². The Hall–Kier alpha value is -3.02. The highest BCUT2D eigenvalue weighted by atomic mass is 35.5. The van der Waals surface area contributed by atoms with E-state index in [9.17, 15) is 9.59 Å². The Kier molecular flexibility index (Phi) is 6.44. The predicted molar refractivity (Wildman–Crippen MR) is 127 cm³/mol. The van der Waals surface area contributed by atoms with Crippen LogP contribution in [0, 0.1) is 0 Å².